The van der Waals surface area contributed by atoms with E-state index in [1.165, 1.54) is 12.1 Å². The molecular weight excluding hydrogens is 347 g/mol. The summed E-state index contributed by atoms with van der Waals surface area (Å²) in [4.78, 5) is 14.5. The van der Waals surface area contributed by atoms with Crippen LogP contribution in [-0.2, 0) is 13.1 Å². The highest BCUT2D eigenvalue weighted by Crippen LogP contribution is 2.20. The van der Waals surface area contributed by atoms with E-state index in [1.807, 2.05) is 27.9 Å². The third kappa shape index (κ3) is 4.16. The van der Waals surface area contributed by atoms with E-state index in [9.17, 15) is 9.18 Å². The molecular formula is C19H21FN6O. The molecule has 1 aliphatic rings. The van der Waals surface area contributed by atoms with Crippen LogP contribution < -0.4 is 5.32 Å². The maximum Gasteiger partial charge on any atom is 0.322 e. The van der Waals surface area contributed by atoms with Crippen LogP contribution in [0.4, 0.5) is 14.9 Å². The standard InChI is InChI=1S/C19H21FN6O/c20-16-5-1-4-15(10-16)12-25-13-17(11-22-25)23-19(27)26-9-2-6-18(26)14-24-8-3-7-21-24/h1,3-5,7-8,10-11,13,18H,2,6,9,12,14H2,(H,23,27)/t18-/m1/s1. The minimum Gasteiger partial charge on any atom is -0.320 e. The summed E-state index contributed by atoms with van der Waals surface area (Å²) in [5.41, 5.74) is 1.44. The van der Waals surface area contributed by atoms with Crippen LogP contribution in [0, 0.1) is 5.82 Å². The Balaban J connectivity index is 1.37. The SMILES string of the molecule is O=C(Nc1cnn(Cc2cccc(F)c2)c1)N1CCC[C@@H]1Cn1cccn1. The highest BCUT2D eigenvalue weighted by Gasteiger charge is 2.29. The number of nitrogens with one attached hydrogen (secondary N) is 1. The lowest BCUT2D eigenvalue weighted by Gasteiger charge is -2.24. The fourth-order valence-electron chi connectivity index (χ4n) is 3.45. The molecule has 0 spiro atoms. The monoisotopic (exact) mass is 368 g/mol. The first kappa shape index (κ1) is 17.3. The van der Waals surface area contributed by atoms with Gasteiger partial charge in [-0.2, -0.15) is 10.2 Å². The topological polar surface area (TPSA) is 68.0 Å². The third-order valence-corrected chi connectivity index (χ3v) is 4.71. The van der Waals surface area contributed by atoms with Gasteiger partial charge in [-0.25, -0.2) is 9.18 Å². The largest absolute Gasteiger partial charge is 0.322 e. The molecule has 1 aromatic carbocycles. The zero-order chi connectivity index (χ0) is 18.6. The van der Waals surface area contributed by atoms with Gasteiger partial charge in [0.25, 0.3) is 0 Å². The van der Waals surface area contributed by atoms with Crippen LogP contribution in [0.5, 0.6) is 0 Å². The van der Waals surface area contributed by atoms with Crippen molar-refractivity contribution in [2.24, 2.45) is 0 Å². The van der Waals surface area contributed by atoms with Crippen LogP contribution in [0.25, 0.3) is 0 Å². The minimum absolute atomic E-state index is 0.130. The summed E-state index contributed by atoms with van der Waals surface area (Å²) in [5, 5.41) is 11.4. The zero-order valence-corrected chi connectivity index (χ0v) is 14.8. The van der Waals surface area contributed by atoms with Gasteiger partial charge in [-0.15, -0.1) is 0 Å². The first-order chi connectivity index (χ1) is 13.2. The Morgan fingerprint density at radius 1 is 1.26 bits per heavy atom. The summed E-state index contributed by atoms with van der Waals surface area (Å²) in [7, 11) is 0. The van der Waals surface area contributed by atoms with Gasteiger partial charge in [0, 0.05) is 25.1 Å². The summed E-state index contributed by atoms with van der Waals surface area (Å²) in [6, 6.07) is 8.28. The number of amides is 2. The number of benzene rings is 1. The Bertz CT molecular complexity index is 907. The summed E-state index contributed by atoms with van der Waals surface area (Å²) in [6.45, 7) is 1.87. The van der Waals surface area contributed by atoms with Crippen LogP contribution in [0.1, 0.15) is 18.4 Å². The summed E-state index contributed by atoms with van der Waals surface area (Å²) >= 11 is 0. The van der Waals surface area contributed by atoms with Crippen molar-refractivity contribution in [1.82, 2.24) is 24.5 Å². The molecule has 2 aromatic heterocycles. The molecule has 140 valence electrons. The molecule has 1 atom stereocenters. The van der Waals surface area contributed by atoms with Crippen molar-refractivity contribution in [3.63, 3.8) is 0 Å². The Morgan fingerprint density at radius 3 is 3.00 bits per heavy atom. The molecule has 3 aromatic rings. The van der Waals surface area contributed by atoms with Crippen LogP contribution in [-0.4, -0.2) is 43.1 Å². The molecule has 0 unspecified atom stereocenters. The van der Waals surface area contributed by atoms with Gasteiger partial charge >= 0.3 is 6.03 Å². The molecule has 1 aliphatic heterocycles. The number of anilines is 1. The summed E-state index contributed by atoms with van der Waals surface area (Å²) < 4.78 is 16.8. The van der Waals surface area contributed by atoms with E-state index in [0.717, 1.165) is 24.9 Å². The van der Waals surface area contributed by atoms with E-state index in [1.54, 1.807) is 29.3 Å². The molecule has 8 heteroatoms. The molecule has 0 aliphatic carbocycles. The average molecular weight is 368 g/mol. The lowest BCUT2D eigenvalue weighted by atomic mass is 10.2. The average Bonchev–Trinajstić information content (AvgIpc) is 3.38. The lowest BCUT2D eigenvalue weighted by Crippen LogP contribution is -2.40. The van der Waals surface area contributed by atoms with Gasteiger partial charge in [-0.1, -0.05) is 12.1 Å². The van der Waals surface area contributed by atoms with Crippen LogP contribution in [0.2, 0.25) is 0 Å². The molecule has 4 rings (SSSR count). The van der Waals surface area contributed by atoms with Crippen molar-refractivity contribution in [2.45, 2.75) is 32.0 Å². The first-order valence-electron chi connectivity index (χ1n) is 8.99. The van der Waals surface area contributed by atoms with Crippen LogP contribution in [0.3, 0.4) is 0 Å². The minimum atomic E-state index is -0.273. The van der Waals surface area contributed by atoms with Crippen molar-refractivity contribution in [3.8, 4) is 0 Å². The van der Waals surface area contributed by atoms with E-state index in [2.05, 4.69) is 15.5 Å². The second kappa shape index (κ2) is 7.61. The second-order valence-corrected chi connectivity index (χ2v) is 6.70. The number of hydrogen-bond acceptors (Lipinski definition) is 3. The number of halogens is 1. The number of urea groups is 1. The molecule has 0 saturated carbocycles. The van der Waals surface area contributed by atoms with Crippen molar-refractivity contribution in [1.29, 1.82) is 0 Å². The van der Waals surface area contributed by atoms with Crippen LogP contribution >= 0.6 is 0 Å². The third-order valence-electron chi connectivity index (χ3n) is 4.71. The van der Waals surface area contributed by atoms with Crippen molar-refractivity contribution < 1.29 is 9.18 Å². The van der Waals surface area contributed by atoms with Crippen molar-refractivity contribution >= 4 is 11.7 Å². The molecule has 0 bridgehead atoms. The molecule has 3 heterocycles. The zero-order valence-electron chi connectivity index (χ0n) is 14.8. The smallest absolute Gasteiger partial charge is 0.320 e. The predicted molar refractivity (Wildman–Crippen MR) is 98.7 cm³/mol. The normalized spacial score (nSPS) is 16.6. The lowest BCUT2D eigenvalue weighted by molar-refractivity contribution is 0.199. The van der Waals surface area contributed by atoms with Gasteiger partial charge in [0.05, 0.1) is 31.0 Å². The molecule has 2 amide bonds. The number of aromatic nitrogens is 4. The van der Waals surface area contributed by atoms with Crippen molar-refractivity contribution in [3.05, 3.63) is 66.5 Å². The Labute approximate surface area is 156 Å². The van der Waals surface area contributed by atoms with E-state index in [0.29, 0.717) is 18.8 Å². The number of rotatable bonds is 5. The van der Waals surface area contributed by atoms with E-state index < -0.39 is 0 Å². The van der Waals surface area contributed by atoms with Gasteiger partial charge in [0.2, 0.25) is 0 Å². The maximum absolute atomic E-state index is 13.3. The molecule has 1 fully saturated rings. The molecule has 7 nitrogen and oxygen atoms in total. The number of carbonyl (C=O) groups is 1. The number of nitrogens with zero attached hydrogens (tertiary/aromatic N) is 5. The second-order valence-electron chi connectivity index (χ2n) is 6.70. The summed E-state index contributed by atoms with van der Waals surface area (Å²) in [5.74, 6) is -0.273. The molecule has 27 heavy (non-hydrogen) atoms. The highest BCUT2D eigenvalue weighted by molar-refractivity contribution is 5.89. The van der Waals surface area contributed by atoms with Crippen molar-refractivity contribution in [2.75, 3.05) is 11.9 Å². The molecule has 1 saturated heterocycles. The fraction of sp³-hybridized carbons (Fsp3) is 0.316. The van der Waals surface area contributed by atoms with Gasteiger partial charge in [-0.3, -0.25) is 9.36 Å². The Hall–Kier alpha value is -3.16. The van der Waals surface area contributed by atoms with Gasteiger partial charge in [0.1, 0.15) is 5.82 Å². The van der Waals surface area contributed by atoms with E-state index in [-0.39, 0.29) is 17.9 Å². The van der Waals surface area contributed by atoms with Gasteiger partial charge in [0.15, 0.2) is 0 Å². The van der Waals surface area contributed by atoms with Crippen LogP contribution in [0.15, 0.2) is 55.1 Å². The maximum atomic E-state index is 13.3. The van der Waals surface area contributed by atoms with E-state index >= 15 is 0 Å². The van der Waals surface area contributed by atoms with Gasteiger partial charge < -0.3 is 10.2 Å². The Morgan fingerprint density at radius 2 is 2.19 bits per heavy atom. The number of likely N-dealkylation sites (tertiary alicyclic amines) is 1. The molecule has 1 N–H and O–H groups in total. The van der Waals surface area contributed by atoms with Gasteiger partial charge in [-0.05, 0) is 36.6 Å². The molecule has 0 radical (unpaired) electrons. The fourth-order valence-corrected chi connectivity index (χ4v) is 3.45. The highest BCUT2D eigenvalue weighted by atomic mass is 19.1. The quantitative estimate of drug-likeness (QED) is 0.753. The first-order valence-corrected chi connectivity index (χ1v) is 8.99. The Kier molecular flexibility index (Phi) is 4.86. The number of carbonyl (C=O) groups excluding carboxylic acids is 1. The van der Waals surface area contributed by atoms with E-state index in [4.69, 9.17) is 0 Å². The number of hydrogen-bond donors (Lipinski definition) is 1. The summed E-state index contributed by atoms with van der Waals surface area (Å²) in [6.07, 6.45) is 8.96. The predicted octanol–water partition coefficient (Wildman–Crippen LogP) is 2.96.